The molecule has 0 fully saturated rings. The van der Waals surface area contributed by atoms with Gasteiger partial charge in [0.15, 0.2) is 11.6 Å². The van der Waals surface area contributed by atoms with Crippen LogP contribution < -0.4 is 11.1 Å². The average molecular weight is 399 g/mol. The van der Waals surface area contributed by atoms with E-state index in [1.54, 1.807) is 0 Å². The molecule has 0 saturated heterocycles. The van der Waals surface area contributed by atoms with E-state index < -0.39 is 0 Å². The van der Waals surface area contributed by atoms with Gasteiger partial charge in [-0.2, -0.15) is 19.9 Å². The molecule has 0 amide bonds. The van der Waals surface area contributed by atoms with E-state index in [1.165, 1.54) is 0 Å². The van der Waals surface area contributed by atoms with Crippen molar-refractivity contribution in [2.75, 3.05) is 11.1 Å². The number of benzene rings is 2. The molecule has 3 aromatic heterocycles. The summed E-state index contributed by atoms with van der Waals surface area (Å²) in [5.74, 6) is 2.10. The van der Waals surface area contributed by atoms with Crippen LogP contribution in [0.2, 0.25) is 0 Å². The number of nitrogen functional groups attached to an aromatic ring is 1. The number of aromatic nitrogens is 5. The van der Waals surface area contributed by atoms with Gasteiger partial charge in [-0.25, -0.2) is 0 Å². The number of nitrogens with zero attached hydrogens (tertiary/aromatic N) is 5. The minimum atomic E-state index is 0.106. The van der Waals surface area contributed by atoms with Crippen molar-refractivity contribution >= 4 is 28.6 Å². The summed E-state index contributed by atoms with van der Waals surface area (Å²) in [7, 11) is 0. The SMILES string of the molecule is Cc1cccc2cc(-c3nc(Cc4nc(N)nc(Nc5ccccc5)n4)no3)oc12. The third kappa shape index (κ3) is 3.55. The average Bonchev–Trinajstić information content (AvgIpc) is 3.36. The number of anilines is 3. The first-order valence-corrected chi connectivity index (χ1v) is 9.29. The Labute approximate surface area is 171 Å². The molecule has 0 radical (unpaired) electrons. The van der Waals surface area contributed by atoms with E-state index in [9.17, 15) is 0 Å². The van der Waals surface area contributed by atoms with Crippen LogP contribution in [0.15, 0.2) is 63.5 Å². The Balaban J connectivity index is 1.39. The molecule has 30 heavy (non-hydrogen) atoms. The summed E-state index contributed by atoms with van der Waals surface area (Å²) < 4.78 is 11.3. The van der Waals surface area contributed by atoms with Crippen molar-refractivity contribution in [3.8, 4) is 11.7 Å². The van der Waals surface area contributed by atoms with E-state index in [2.05, 4.69) is 30.4 Å². The van der Waals surface area contributed by atoms with Crippen LogP contribution in [0.4, 0.5) is 17.6 Å². The number of nitrogens with two attached hydrogens (primary N) is 1. The third-order valence-corrected chi connectivity index (χ3v) is 4.47. The van der Waals surface area contributed by atoms with Crippen molar-refractivity contribution in [1.29, 1.82) is 0 Å². The van der Waals surface area contributed by atoms with E-state index >= 15 is 0 Å². The van der Waals surface area contributed by atoms with Gasteiger partial charge < -0.3 is 20.0 Å². The van der Waals surface area contributed by atoms with E-state index in [0.29, 0.717) is 29.2 Å². The highest BCUT2D eigenvalue weighted by Gasteiger charge is 2.16. The first-order valence-electron chi connectivity index (χ1n) is 9.29. The standard InChI is InChI=1S/C21H17N7O2/c1-12-6-5-7-13-10-15(29-18(12)13)19-24-17(28-30-19)11-16-25-20(22)27-21(26-16)23-14-8-3-2-4-9-14/h2-10H,11H2,1H3,(H3,22,23,25,26,27). The molecule has 3 heterocycles. The van der Waals surface area contributed by atoms with Crippen LogP contribution in [0, 0.1) is 6.92 Å². The number of rotatable bonds is 5. The topological polar surface area (TPSA) is 129 Å². The maximum Gasteiger partial charge on any atom is 0.293 e. The predicted molar refractivity (Wildman–Crippen MR) is 111 cm³/mol. The van der Waals surface area contributed by atoms with Gasteiger partial charge in [0, 0.05) is 11.1 Å². The van der Waals surface area contributed by atoms with Crippen LogP contribution >= 0.6 is 0 Å². The van der Waals surface area contributed by atoms with Gasteiger partial charge in [0.1, 0.15) is 11.4 Å². The summed E-state index contributed by atoms with van der Waals surface area (Å²) in [5, 5.41) is 8.10. The Hall–Kier alpha value is -4.27. The Morgan fingerprint density at radius 1 is 0.933 bits per heavy atom. The quantitative estimate of drug-likeness (QED) is 0.452. The van der Waals surface area contributed by atoms with Crippen molar-refractivity contribution in [3.63, 3.8) is 0 Å². The zero-order valence-corrected chi connectivity index (χ0v) is 16.0. The zero-order valence-electron chi connectivity index (χ0n) is 16.0. The lowest BCUT2D eigenvalue weighted by Crippen LogP contribution is -2.08. The molecule has 0 spiro atoms. The van der Waals surface area contributed by atoms with Crippen LogP contribution in [0.25, 0.3) is 22.6 Å². The number of hydrogen-bond donors (Lipinski definition) is 2. The summed E-state index contributed by atoms with van der Waals surface area (Å²) in [5.41, 5.74) is 8.52. The second-order valence-electron chi connectivity index (χ2n) is 6.72. The molecule has 9 heteroatoms. The number of para-hydroxylation sites is 2. The Morgan fingerprint density at radius 3 is 2.63 bits per heavy atom. The Morgan fingerprint density at radius 2 is 1.80 bits per heavy atom. The fourth-order valence-electron chi connectivity index (χ4n) is 3.11. The van der Waals surface area contributed by atoms with Gasteiger partial charge in [-0.3, -0.25) is 0 Å². The Bertz CT molecular complexity index is 1330. The third-order valence-electron chi connectivity index (χ3n) is 4.47. The van der Waals surface area contributed by atoms with Crippen molar-refractivity contribution in [1.82, 2.24) is 25.1 Å². The fourth-order valence-corrected chi connectivity index (χ4v) is 3.11. The lowest BCUT2D eigenvalue weighted by atomic mass is 10.2. The summed E-state index contributed by atoms with van der Waals surface area (Å²) in [6.45, 7) is 1.99. The molecule has 0 bridgehead atoms. The minimum absolute atomic E-state index is 0.106. The van der Waals surface area contributed by atoms with E-state index in [1.807, 2.05) is 61.5 Å². The smallest absolute Gasteiger partial charge is 0.293 e. The van der Waals surface area contributed by atoms with Crippen molar-refractivity contribution < 1.29 is 8.94 Å². The number of aryl methyl sites for hydroxylation is 1. The molecule has 3 N–H and O–H groups in total. The van der Waals surface area contributed by atoms with E-state index in [0.717, 1.165) is 22.2 Å². The first kappa shape index (κ1) is 17.8. The molecule has 0 unspecified atom stereocenters. The zero-order chi connectivity index (χ0) is 20.5. The maximum atomic E-state index is 5.89. The largest absolute Gasteiger partial charge is 0.451 e. The molecule has 5 aromatic rings. The molecule has 0 aliphatic heterocycles. The predicted octanol–water partition coefficient (Wildman–Crippen LogP) is 3.89. The van der Waals surface area contributed by atoms with Crippen LogP contribution in [-0.2, 0) is 6.42 Å². The van der Waals surface area contributed by atoms with Crippen LogP contribution in [0.5, 0.6) is 0 Å². The summed E-state index contributed by atoms with van der Waals surface area (Å²) in [6.07, 6.45) is 0.235. The van der Waals surface area contributed by atoms with Gasteiger partial charge in [0.25, 0.3) is 5.89 Å². The Kier molecular flexibility index (Phi) is 4.32. The highest BCUT2D eigenvalue weighted by atomic mass is 16.5. The van der Waals surface area contributed by atoms with Crippen molar-refractivity contribution in [2.45, 2.75) is 13.3 Å². The van der Waals surface area contributed by atoms with Crippen LogP contribution in [0.3, 0.4) is 0 Å². The fraction of sp³-hybridized carbons (Fsp3) is 0.0952. The normalized spacial score (nSPS) is 11.1. The van der Waals surface area contributed by atoms with Gasteiger partial charge in [-0.1, -0.05) is 41.6 Å². The molecule has 148 valence electrons. The van der Waals surface area contributed by atoms with E-state index in [4.69, 9.17) is 14.7 Å². The first-order chi connectivity index (χ1) is 14.6. The van der Waals surface area contributed by atoms with Gasteiger partial charge in [0.05, 0.1) is 6.42 Å². The van der Waals surface area contributed by atoms with Gasteiger partial charge in [-0.15, -0.1) is 0 Å². The summed E-state index contributed by atoms with van der Waals surface area (Å²) >= 11 is 0. The lowest BCUT2D eigenvalue weighted by molar-refractivity contribution is 0.412. The molecule has 0 atom stereocenters. The van der Waals surface area contributed by atoms with Gasteiger partial charge >= 0.3 is 0 Å². The minimum Gasteiger partial charge on any atom is -0.451 e. The summed E-state index contributed by atoms with van der Waals surface area (Å²) in [4.78, 5) is 17.1. The second kappa shape index (κ2) is 7.28. The molecule has 0 aliphatic rings. The molecule has 9 nitrogen and oxygen atoms in total. The number of furan rings is 1. The molecular weight excluding hydrogens is 382 g/mol. The van der Waals surface area contributed by atoms with Gasteiger partial charge in [-0.05, 0) is 30.7 Å². The number of fused-ring (bicyclic) bond motifs is 1. The molecule has 0 aliphatic carbocycles. The molecule has 2 aromatic carbocycles. The number of hydrogen-bond acceptors (Lipinski definition) is 9. The lowest BCUT2D eigenvalue weighted by Gasteiger charge is -2.06. The monoisotopic (exact) mass is 399 g/mol. The molecule has 5 rings (SSSR count). The summed E-state index contributed by atoms with van der Waals surface area (Å²) in [6, 6.07) is 17.4. The van der Waals surface area contributed by atoms with Gasteiger partial charge in [0.2, 0.25) is 11.9 Å². The highest BCUT2D eigenvalue weighted by Crippen LogP contribution is 2.28. The van der Waals surface area contributed by atoms with E-state index in [-0.39, 0.29) is 12.4 Å². The molecule has 0 saturated carbocycles. The maximum absolute atomic E-state index is 5.89. The second-order valence-corrected chi connectivity index (χ2v) is 6.72. The van der Waals surface area contributed by atoms with Crippen LogP contribution in [0.1, 0.15) is 17.2 Å². The van der Waals surface area contributed by atoms with Crippen molar-refractivity contribution in [3.05, 3.63) is 71.8 Å². The number of nitrogens with one attached hydrogen (secondary N) is 1. The van der Waals surface area contributed by atoms with Crippen molar-refractivity contribution in [2.24, 2.45) is 0 Å². The highest BCUT2D eigenvalue weighted by molar-refractivity contribution is 5.84. The molecular formula is C21H17N7O2. The van der Waals surface area contributed by atoms with Crippen LogP contribution in [-0.4, -0.2) is 25.1 Å².